The maximum atomic E-state index is 14.5. The van der Waals surface area contributed by atoms with Gasteiger partial charge in [0.2, 0.25) is 5.91 Å². The minimum atomic E-state index is -0.978. The number of aliphatic hydroxyl groups excluding tert-OH is 3. The summed E-state index contributed by atoms with van der Waals surface area (Å²) in [7, 11) is 1.44. The van der Waals surface area contributed by atoms with Crippen LogP contribution < -0.4 is 10.6 Å². The number of carbonyl (C=O) groups is 2. The summed E-state index contributed by atoms with van der Waals surface area (Å²) in [5.74, 6) is -0.708. The first-order valence-electron chi connectivity index (χ1n) is 19.4. The van der Waals surface area contributed by atoms with E-state index in [-0.39, 0.29) is 76.3 Å². The zero-order valence-corrected chi connectivity index (χ0v) is 31.9. The fourth-order valence-corrected chi connectivity index (χ4v) is 12.7. The molecule has 0 aromatic heterocycles. The Labute approximate surface area is 308 Å². The molecule has 5 aliphatic rings. The summed E-state index contributed by atoms with van der Waals surface area (Å²) < 4.78 is 5.33. The largest absolute Gasteiger partial charge is 0.508 e. The highest BCUT2D eigenvalue weighted by Crippen LogP contribution is 2.75. The maximum absolute atomic E-state index is 14.5. The number of amides is 1. The number of fused-ring (bicyclic) bond motifs is 7. The summed E-state index contributed by atoms with van der Waals surface area (Å²) in [6, 6.07) is 2.37. The number of ether oxygens (including phenoxy) is 1. The standard InChI is InChI=1S/C41H62N2O9/c1-36(35(51)52-6)12-14-41(34(50)43-17-7-16-42-22-25-28(46)18-24(45)19-29(25)47)15-13-39(4)26(27(41)20-36)8-9-32-37(2)21-30(48)33(49)38(3,23-44)31(37)10-11-40(32,39)5/h8,18-19,27,30-33,42,44-49H,7,9-17,20-23H2,1-6H3,(H,43,50)/t27?,30-,31?,32?,33-,36-,37-,38-,39+,40+,41-/m0/s1. The van der Waals surface area contributed by atoms with Gasteiger partial charge in [0.25, 0.3) is 0 Å². The van der Waals surface area contributed by atoms with Gasteiger partial charge >= 0.3 is 5.97 Å². The van der Waals surface area contributed by atoms with Crippen LogP contribution in [0.2, 0.25) is 0 Å². The van der Waals surface area contributed by atoms with Crippen LogP contribution in [0.5, 0.6) is 17.2 Å². The predicted octanol–water partition coefficient (Wildman–Crippen LogP) is 4.66. The fourth-order valence-electron chi connectivity index (χ4n) is 12.7. The summed E-state index contributed by atoms with van der Waals surface area (Å²) >= 11 is 0. The Morgan fingerprint density at radius 2 is 1.58 bits per heavy atom. The lowest BCUT2D eigenvalue weighted by atomic mass is 9.33. The molecule has 4 fully saturated rings. The van der Waals surface area contributed by atoms with Gasteiger partial charge in [0.1, 0.15) is 17.2 Å². The summed E-state index contributed by atoms with van der Waals surface area (Å²) in [4.78, 5) is 27.8. The van der Waals surface area contributed by atoms with E-state index in [0.717, 1.165) is 25.7 Å². The van der Waals surface area contributed by atoms with Gasteiger partial charge in [-0.1, -0.05) is 39.3 Å². The second-order valence-corrected chi connectivity index (χ2v) is 18.4. The van der Waals surface area contributed by atoms with Crippen molar-refractivity contribution in [3.05, 3.63) is 29.3 Å². The topological polar surface area (TPSA) is 189 Å². The van der Waals surface area contributed by atoms with Crippen LogP contribution in [0.4, 0.5) is 0 Å². The van der Waals surface area contributed by atoms with Gasteiger partial charge in [-0.3, -0.25) is 9.59 Å². The molecule has 0 heterocycles. The van der Waals surface area contributed by atoms with Gasteiger partial charge in [-0.05, 0) is 112 Å². The third-order valence-corrected chi connectivity index (χ3v) is 15.9. The van der Waals surface area contributed by atoms with Gasteiger partial charge in [-0.15, -0.1) is 0 Å². The molecule has 1 aromatic carbocycles. The molecule has 0 radical (unpaired) electrons. The van der Waals surface area contributed by atoms with Crippen molar-refractivity contribution in [2.24, 2.45) is 50.2 Å². The number of allylic oxidation sites excluding steroid dienone is 2. The lowest BCUT2D eigenvalue weighted by Crippen LogP contribution is -2.68. The maximum Gasteiger partial charge on any atom is 0.311 e. The normalized spacial score (nSPS) is 42.5. The first kappa shape index (κ1) is 38.9. The molecule has 8 N–H and O–H groups in total. The number of aromatic hydroxyl groups is 3. The van der Waals surface area contributed by atoms with Gasteiger partial charge in [0.15, 0.2) is 0 Å². The van der Waals surface area contributed by atoms with E-state index in [2.05, 4.69) is 37.5 Å². The quantitative estimate of drug-likeness (QED) is 0.101. The van der Waals surface area contributed by atoms with E-state index in [1.807, 2.05) is 13.8 Å². The second-order valence-electron chi connectivity index (χ2n) is 18.4. The van der Waals surface area contributed by atoms with Crippen LogP contribution >= 0.6 is 0 Å². The highest BCUT2D eigenvalue weighted by Gasteiger charge is 2.71. The Bertz CT molecular complexity index is 1580. The predicted molar refractivity (Wildman–Crippen MR) is 195 cm³/mol. The number of phenolic OH excluding ortho intramolecular Hbond substituents is 3. The molecule has 5 aliphatic carbocycles. The van der Waals surface area contributed by atoms with E-state index in [9.17, 15) is 40.2 Å². The zero-order valence-electron chi connectivity index (χ0n) is 31.9. The number of nitrogens with one attached hydrogen (secondary N) is 2. The fraction of sp³-hybridized carbons (Fsp3) is 0.756. The molecule has 0 bridgehead atoms. The summed E-state index contributed by atoms with van der Waals surface area (Å²) in [6.07, 6.45) is 7.32. The van der Waals surface area contributed by atoms with Crippen LogP contribution in [0, 0.1) is 50.2 Å². The highest BCUT2D eigenvalue weighted by molar-refractivity contribution is 5.85. The van der Waals surface area contributed by atoms with Crippen molar-refractivity contribution in [1.29, 1.82) is 0 Å². The molecule has 290 valence electrons. The Morgan fingerprint density at radius 1 is 0.904 bits per heavy atom. The van der Waals surface area contributed by atoms with Crippen molar-refractivity contribution in [3.63, 3.8) is 0 Å². The SMILES string of the molecule is COC(=O)[C@@]1(C)CC[C@]2(C(=O)NCCCNCc3c(O)cc(O)cc3O)CC[C@]3(C)C(=CCC4[C@@]5(C)C[C@H](O)[C@H](O)[C@@](C)(CO)C5CC[C@]43C)C2C1. The van der Waals surface area contributed by atoms with Gasteiger partial charge < -0.3 is 46.0 Å². The second kappa shape index (κ2) is 13.5. The molecular formula is C41H62N2O9. The number of methoxy groups -OCH3 is 1. The Morgan fingerprint density at radius 3 is 2.23 bits per heavy atom. The van der Waals surface area contributed by atoms with E-state index in [4.69, 9.17) is 4.74 Å². The van der Waals surface area contributed by atoms with E-state index in [1.54, 1.807) is 0 Å². The summed E-state index contributed by atoms with van der Waals surface area (Å²) in [5, 5.41) is 69.2. The third-order valence-electron chi connectivity index (χ3n) is 15.9. The summed E-state index contributed by atoms with van der Waals surface area (Å²) in [6.45, 7) is 11.9. The molecule has 0 saturated heterocycles. The van der Waals surface area contributed by atoms with Gasteiger partial charge in [0.05, 0.1) is 36.8 Å². The first-order valence-corrected chi connectivity index (χ1v) is 19.4. The Kier molecular flexibility index (Phi) is 10.1. The number of rotatable bonds is 9. The van der Waals surface area contributed by atoms with E-state index in [0.29, 0.717) is 57.2 Å². The van der Waals surface area contributed by atoms with Crippen molar-refractivity contribution < 1.29 is 45.0 Å². The van der Waals surface area contributed by atoms with E-state index >= 15 is 0 Å². The number of benzene rings is 1. The van der Waals surface area contributed by atoms with Crippen molar-refractivity contribution in [2.45, 2.75) is 118 Å². The number of esters is 1. The molecule has 11 heteroatoms. The molecule has 3 unspecified atom stereocenters. The lowest BCUT2D eigenvalue weighted by Gasteiger charge is -2.71. The van der Waals surface area contributed by atoms with Crippen LogP contribution in [0.1, 0.15) is 104 Å². The smallest absolute Gasteiger partial charge is 0.311 e. The highest BCUT2D eigenvalue weighted by atomic mass is 16.5. The lowest BCUT2D eigenvalue weighted by molar-refractivity contribution is -0.243. The molecule has 11 atom stereocenters. The first-order chi connectivity index (χ1) is 24.4. The molecule has 1 amide bonds. The van der Waals surface area contributed by atoms with Gasteiger partial charge in [0, 0.05) is 36.2 Å². The van der Waals surface area contributed by atoms with Gasteiger partial charge in [-0.2, -0.15) is 0 Å². The molecule has 0 spiro atoms. The van der Waals surface area contributed by atoms with Crippen molar-refractivity contribution in [2.75, 3.05) is 26.8 Å². The third kappa shape index (κ3) is 5.66. The molecular weight excluding hydrogens is 664 g/mol. The average molecular weight is 727 g/mol. The van der Waals surface area contributed by atoms with Gasteiger partial charge in [-0.25, -0.2) is 0 Å². The zero-order chi connectivity index (χ0) is 38.1. The number of hydrogen-bond acceptors (Lipinski definition) is 10. The molecule has 6 rings (SSSR count). The Hall–Kier alpha value is -2.86. The van der Waals surface area contributed by atoms with Crippen LogP contribution in [0.25, 0.3) is 0 Å². The number of phenols is 3. The monoisotopic (exact) mass is 726 g/mol. The molecule has 0 aliphatic heterocycles. The van der Waals surface area contributed by atoms with E-state index < -0.39 is 28.5 Å². The van der Waals surface area contributed by atoms with Crippen LogP contribution in [-0.2, 0) is 20.9 Å². The van der Waals surface area contributed by atoms with Crippen LogP contribution in [0.15, 0.2) is 23.8 Å². The minimum absolute atomic E-state index is 0.0206. The number of aliphatic hydroxyl groups is 3. The Balaban J connectivity index is 1.25. The van der Waals surface area contributed by atoms with E-state index in [1.165, 1.54) is 24.8 Å². The molecule has 1 aromatic rings. The van der Waals surface area contributed by atoms with Crippen molar-refractivity contribution >= 4 is 11.9 Å². The van der Waals surface area contributed by atoms with Crippen molar-refractivity contribution in [1.82, 2.24) is 10.6 Å². The average Bonchev–Trinajstić information content (AvgIpc) is 3.09. The van der Waals surface area contributed by atoms with Crippen LogP contribution in [-0.4, -0.2) is 81.5 Å². The molecule has 4 saturated carbocycles. The number of carbonyl (C=O) groups excluding carboxylic acids is 2. The molecule has 11 nitrogen and oxygen atoms in total. The van der Waals surface area contributed by atoms with Crippen molar-refractivity contribution in [3.8, 4) is 17.2 Å². The minimum Gasteiger partial charge on any atom is -0.508 e. The summed E-state index contributed by atoms with van der Waals surface area (Å²) in [5.41, 5.74) is -1.32. The molecule has 52 heavy (non-hydrogen) atoms. The number of hydrogen-bond donors (Lipinski definition) is 8. The van der Waals surface area contributed by atoms with Crippen LogP contribution in [0.3, 0.4) is 0 Å².